The summed E-state index contributed by atoms with van der Waals surface area (Å²) in [6.45, 7) is 2.20. The van der Waals surface area contributed by atoms with Gasteiger partial charge in [0.05, 0.1) is 12.2 Å². The Morgan fingerprint density at radius 2 is 2.35 bits per heavy atom. The van der Waals surface area contributed by atoms with Gasteiger partial charge < -0.3 is 20.9 Å². The molecule has 2 aliphatic rings. The number of hydrogen-bond donors (Lipinski definition) is 2. The molecule has 3 heterocycles. The fraction of sp³-hybridized carbons (Fsp3) is 0.583. The number of urea groups is 1. The van der Waals surface area contributed by atoms with E-state index in [2.05, 4.69) is 10.4 Å². The van der Waals surface area contributed by atoms with Crippen LogP contribution in [0.2, 0.25) is 0 Å². The maximum Gasteiger partial charge on any atom is 0.317 e. The standard InChI is InChI=1S/C12H18N6O2/c1-16-6-8(4-15-16)10(13)11(19)17-2-3-18-9(7-17)5-14-12(18)20/h4,6,9-10H,2-3,5,7,13H2,1H3,(H,14,20). The first-order valence-electron chi connectivity index (χ1n) is 6.63. The minimum Gasteiger partial charge on any atom is -0.337 e. The molecule has 0 saturated carbocycles. The monoisotopic (exact) mass is 278 g/mol. The molecule has 108 valence electrons. The summed E-state index contributed by atoms with van der Waals surface area (Å²) in [5.41, 5.74) is 6.72. The molecule has 8 heteroatoms. The number of rotatable bonds is 2. The Morgan fingerprint density at radius 3 is 3.05 bits per heavy atom. The first kappa shape index (κ1) is 12.9. The SMILES string of the molecule is Cn1cc(C(N)C(=O)N2CCN3C(=O)NCC3C2)cn1. The number of hydrogen-bond acceptors (Lipinski definition) is 4. The third-order valence-corrected chi connectivity index (χ3v) is 3.89. The van der Waals surface area contributed by atoms with E-state index < -0.39 is 6.04 Å². The molecule has 0 spiro atoms. The summed E-state index contributed by atoms with van der Waals surface area (Å²) in [6, 6.07) is -0.680. The predicted octanol–water partition coefficient (Wildman–Crippen LogP) is -1.34. The molecule has 0 radical (unpaired) electrons. The molecule has 3 rings (SSSR count). The number of fused-ring (bicyclic) bond motifs is 1. The maximum absolute atomic E-state index is 12.4. The topological polar surface area (TPSA) is 96.5 Å². The van der Waals surface area contributed by atoms with Gasteiger partial charge in [-0.25, -0.2) is 4.79 Å². The van der Waals surface area contributed by atoms with Crippen LogP contribution in [0.5, 0.6) is 0 Å². The van der Waals surface area contributed by atoms with Crippen molar-refractivity contribution in [2.24, 2.45) is 12.8 Å². The number of nitrogens with one attached hydrogen (secondary N) is 1. The highest BCUT2D eigenvalue weighted by molar-refractivity contribution is 5.84. The lowest BCUT2D eigenvalue weighted by atomic mass is 10.1. The molecule has 20 heavy (non-hydrogen) atoms. The summed E-state index contributed by atoms with van der Waals surface area (Å²) >= 11 is 0. The number of carbonyl (C=O) groups excluding carboxylic acids is 2. The molecule has 1 aromatic rings. The molecule has 2 atom stereocenters. The largest absolute Gasteiger partial charge is 0.337 e. The molecule has 8 nitrogen and oxygen atoms in total. The van der Waals surface area contributed by atoms with Crippen LogP contribution in [-0.4, -0.2) is 63.7 Å². The van der Waals surface area contributed by atoms with E-state index in [1.165, 1.54) is 0 Å². The van der Waals surface area contributed by atoms with Crippen LogP contribution in [0.3, 0.4) is 0 Å². The van der Waals surface area contributed by atoms with E-state index in [0.717, 1.165) is 0 Å². The first-order valence-corrected chi connectivity index (χ1v) is 6.63. The number of nitrogens with zero attached hydrogens (tertiary/aromatic N) is 4. The second-order valence-corrected chi connectivity index (χ2v) is 5.24. The van der Waals surface area contributed by atoms with Crippen LogP contribution in [0, 0.1) is 0 Å². The molecule has 2 unspecified atom stereocenters. The number of nitrogens with two attached hydrogens (primary N) is 1. The van der Waals surface area contributed by atoms with Crippen molar-refractivity contribution >= 4 is 11.9 Å². The van der Waals surface area contributed by atoms with E-state index in [4.69, 9.17) is 5.73 Å². The molecule has 3 N–H and O–H groups in total. The Bertz CT molecular complexity index is 542. The molecule has 0 bridgehead atoms. The molecule has 2 aliphatic heterocycles. The van der Waals surface area contributed by atoms with Crippen molar-refractivity contribution in [2.45, 2.75) is 12.1 Å². The number of carbonyl (C=O) groups is 2. The third kappa shape index (κ3) is 2.11. The molecule has 0 aromatic carbocycles. The van der Waals surface area contributed by atoms with E-state index in [9.17, 15) is 9.59 Å². The van der Waals surface area contributed by atoms with Crippen molar-refractivity contribution in [3.05, 3.63) is 18.0 Å². The van der Waals surface area contributed by atoms with Gasteiger partial charge >= 0.3 is 6.03 Å². The normalized spacial score (nSPS) is 23.5. The first-order chi connectivity index (χ1) is 9.56. The Balaban J connectivity index is 1.67. The Morgan fingerprint density at radius 1 is 1.55 bits per heavy atom. The Labute approximate surface area is 116 Å². The third-order valence-electron chi connectivity index (χ3n) is 3.89. The van der Waals surface area contributed by atoms with E-state index in [1.54, 1.807) is 33.9 Å². The minimum atomic E-state index is -0.694. The van der Waals surface area contributed by atoms with Gasteiger partial charge in [-0.3, -0.25) is 9.48 Å². The maximum atomic E-state index is 12.4. The summed E-state index contributed by atoms with van der Waals surface area (Å²) in [6.07, 6.45) is 3.36. The van der Waals surface area contributed by atoms with Crippen molar-refractivity contribution in [3.8, 4) is 0 Å². The average Bonchev–Trinajstić information content (AvgIpc) is 3.04. The van der Waals surface area contributed by atoms with Crippen molar-refractivity contribution < 1.29 is 9.59 Å². The van der Waals surface area contributed by atoms with Crippen LogP contribution in [0.4, 0.5) is 4.79 Å². The molecule has 2 saturated heterocycles. The summed E-state index contributed by atoms with van der Waals surface area (Å²) in [4.78, 5) is 27.4. The zero-order valence-electron chi connectivity index (χ0n) is 11.3. The summed E-state index contributed by atoms with van der Waals surface area (Å²) in [7, 11) is 1.79. The Hall–Kier alpha value is -2.09. The zero-order chi connectivity index (χ0) is 14.3. The summed E-state index contributed by atoms with van der Waals surface area (Å²) in [5, 5.41) is 6.82. The highest BCUT2D eigenvalue weighted by Crippen LogP contribution is 2.18. The van der Waals surface area contributed by atoms with E-state index in [-0.39, 0.29) is 18.0 Å². The smallest absolute Gasteiger partial charge is 0.317 e. The lowest BCUT2D eigenvalue weighted by Crippen LogP contribution is -2.55. The van der Waals surface area contributed by atoms with E-state index in [0.29, 0.717) is 31.7 Å². The van der Waals surface area contributed by atoms with Gasteiger partial charge in [-0.2, -0.15) is 5.10 Å². The number of aryl methyl sites for hydroxylation is 1. The molecular weight excluding hydrogens is 260 g/mol. The predicted molar refractivity (Wildman–Crippen MR) is 70.6 cm³/mol. The van der Waals surface area contributed by atoms with Gasteiger partial charge in [-0.05, 0) is 0 Å². The quantitative estimate of drug-likeness (QED) is 0.699. The van der Waals surface area contributed by atoms with Crippen LogP contribution in [-0.2, 0) is 11.8 Å². The molecule has 3 amide bonds. The minimum absolute atomic E-state index is 0.0429. The van der Waals surface area contributed by atoms with Crippen LogP contribution < -0.4 is 11.1 Å². The highest BCUT2D eigenvalue weighted by atomic mass is 16.2. The molecule has 0 aliphatic carbocycles. The number of amides is 3. The van der Waals surface area contributed by atoms with Crippen molar-refractivity contribution in [1.29, 1.82) is 0 Å². The van der Waals surface area contributed by atoms with Crippen LogP contribution in [0.25, 0.3) is 0 Å². The second kappa shape index (κ2) is 4.78. The summed E-state index contributed by atoms with van der Waals surface area (Å²) in [5.74, 6) is -0.114. The van der Waals surface area contributed by atoms with Crippen molar-refractivity contribution in [2.75, 3.05) is 26.2 Å². The fourth-order valence-corrected chi connectivity index (χ4v) is 2.74. The second-order valence-electron chi connectivity index (χ2n) is 5.24. The molecule has 1 aromatic heterocycles. The van der Waals surface area contributed by atoms with Crippen molar-refractivity contribution in [3.63, 3.8) is 0 Å². The van der Waals surface area contributed by atoms with Gasteiger partial charge in [0.2, 0.25) is 5.91 Å². The zero-order valence-corrected chi connectivity index (χ0v) is 11.3. The molecular formula is C12H18N6O2. The lowest BCUT2D eigenvalue weighted by molar-refractivity contribution is -0.134. The van der Waals surface area contributed by atoms with Crippen molar-refractivity contribution in [1.82, 2.24) is 24.9 Å². The number of aromatic nitrogens is 2. The molecule has 2 fully saturated rings. The van der Waals surface area contributed by atoms with Crippen LogP contribution in [0.1, 0.15) is 11.6 Å². The fourth-order valence-electron chi connectivity index (χ4n) is 2.74. The van der Waals surface area contributed by atoms with E-state index >= 15 is 0 Å². The van der Waals surface area contributed by atoms with E-state index in [1.807, 2.05) is 0 Å². The van der Waals surface area contributed by atoms with Gasteiger partial charge in [0.25, 0.3) is 0 Å². The van der Waals surface area contributed by atoms with Gasteiger partial charge in [-0.15, -0.1) is 0 Å². The van der Waals surface area contributed by atoms with Gasteiger partial charge in [0.1, 0.15) is 6.04 Å². The Kier molecular flexibility index (Phi) is 3.09. The average molecular weight is 278 g/mol. The summed E-state index contributed by atoms with van der Waals surface area (Å²) < 4.78 is 1.62. The van der Waals surface area contributed by atoms with Gasteiger partial charge in [-0.1, -0.05) is 0 Å². The van der Waals surface area contributed by atoms with Crippen LogP contribution >= 0.6 is 0 Å². The lowest BCUT2D eigenvalue weighted by Gasteiger charge is -2.37. The van der Waals surface area contributed by atoms with Gasteiger partial charge in [0.15, 0.2) is 0 Å². The van der Waals surface area contributed by atoms with Gasteiger partial charge in [0, 0.05) is 45.0 Å². The highest BCUT2D eigenvalue weighted by Gasteiger charge is 2.38. The van der Waals surface area contributed by atoms with Crippen LogP contribution in [0.15, 0.2) is 12.4 Å². The number of piperazine rings is 1.